The molecule has 0 saturated carbocycles. The van der Waals surface area contributed by atoms with Gasteiger partial charge >= 0.3 is 18.0 Å². The van der Waals surface area contributed by atoms with Gasteiger partial charge in [0, 0.05) is 49.8 Å². The van der Waals surface area contributed by atoms with Crippen LogP contribution in [0.1, 0.15) is 245 Å². The van der Waals surface area contributed by atoms with Crippen molar-refractivity contribution in [3.8, 4) is 0 Å². The van der Waals surface area contributed by atoms with E-state index in [2.05, 4.69) is 35.1 Å². The Morgan fingerprint density at radius 2 is 1.04 bits per heavy atom. The molecule has 0 radical (unpaired) electrons. The van der Waals surface area contributed by atoms with Crippen molar-refractivity contribution in [2.45, 2.75) is 268 Å². The van der Waals surface area contributed by atoms with Gasteiger partial charge in [-0.1, -0.05) is 181 Å². The maximum Gasteiger partial charge on any atom is 0.315 e. The SMILES string of the molecule is CCCCCCCCCCCCCCCC(=O)OCC(COP(=O)([O-])OCCNC(=O)CCCCCNC(=O)CCCCC1SC[C@@H]2NC(=O)N[C@H]12)OC(=O)CCCCCCCCCCCCCCC. The molecule has 17 heteroatoms. The number of hydrogen-bond donors (Lipinski definition) is 4. The molecular weight excluding hydrogens is 932 g/mol. The van der Waals surface area contributed by atoms with Crippen LogP contribution in [0.5, 0.6) is 0 Å². The fourth-order valence-corrected chi connectivity index (χ4v) is 11.3. The van der Waals surface area contributed by atoms with Crippen LogP contribution in [0.15, 0.2) is 0 Å². The lowest BCUT2D eigenvalue weighted by Crippen LogP contribution is -2.36. The monoisotopic (exact) mass is 1030 g/mol. The molecule has 2 heterocycles. The van der Waals surface area contributed by atoms with Crippen molar-refractivity contribution in [1.29, 1.82) is 0 Å². The number of carbonyl (C=O) groups excluding carboxylic acids is 5. The molecule has 2 rings (SSSR count). The zero-order chi connectivity index (χ0) is 50.8. The predicted molar refractivity (Wildman–Crippen MR) is 279 cm³/mol. The van der Waals surface area contributed by atoms with E-state index in [1.165, 1.54) is 116 Å². The maximum absolute atomic E-state index is 12.8. The number of hydrogen-bond acceptors (Lipinski definition) is 12. The van der Waals surface area contributed by atoms with Crippen LogP contribution in [-0.2, 0) is 42.3 Å². The van der Waals surface area contributed by atoms with E-state index < -0.39 is 32.5 Å². The number of unbranched alkanes of at least 4 members (excludes halogenated alkanes) is 27. The Hall–Kier alpha value is -2.39. The second-order valence-corrected chi connectivity index (χ2v) is 22.4. The molecular formula is C53H98N4O11PS-. The lowest BCUT2D eigenvalue weighted by Gasteiger charge is -2.25. The van der Waals surface area contributed by atoms with Gasteiger partial charge in [0.05, 0.1) is 25.3 Å². The first kappa shape index (κ1) is 63.7. The second kappa shape index (κ2) is 43.1. The minimum Gasteiger partial charge on any atom is -0.756 e. The molecule has 0 aromatic heterocycles. The molecule has 5 atom stereocenters. The van der Waals surface area contributed by atoms with E-state index in [0.717, 1.165) is 76.4 Å². The van der Waals surface area contributed by atoms with E-state index in [-0.39, 0.29) is 69.0 Å². The van der Waals surface area contributed by atoms with Gasteiger partial charge in [-0.3, -0.25) is 23.7 Å². The predicted octanol–water partition coefficient (Wildman–Crippen LogP) is 11.4. The Morgan fingerprint density at radius 3 is 1.59 bits per heavy atom. The molecule has 0 bridgehead atoms. The smallest absolute Gasteiger partial charge is 0.315 e. The summed E-state index contributed by atoms with van der Waals surface area (Å²) in [4.78, 5) is 74.2. The van der Waals surface area contributed by atoms with Gasteiger partial charge in [0.1, 0.15) is 6.61 Å². The molecule has 408 valence electrons. The highest BCUT2D eigenvalue weighted by Gasteiger charge is 2.42. The standard InChI is InChI=1S/C53H99N4O11PS/c1-3-5-7-9-11-13-15-17-19-21-23-25-29-37-50(60)65-42-45(68-51(61)38-30-26-24-22-20-18-16-14-12-10-8-6-4-2)43-67-69(63,64)66-41-40-55-49(59)35-28-27-33-39-54-48(58)36-32-31-34-47-52-46(44-70-47)56-53(62)57-52/h45-47,52H,3-44H2,1-2H3,(H,54,58)(H,55,59)(H,63,64)(H2,56,57,62)/p-1/t45?,46-,47?,52-/m0/s1. The number of thioether (sulfide) groups is 1. The molecule has 0 aliphatic carbocycles. The van der Waals surface area contributed by atoms with Gasteiger partial charge in [0.15, 0.2) is 6.10 Å². The van der Waals surface area contributed by atoms with Crippen LogP contribution in [0, 0.1) is 0 Å². The average Bonchev–Trinajstić information content (AvgIpc) is 3.90. The van der Waals surface area contributed by atoms with E-state index in [9.17, 15) is 33.4 Å². The summed E-state index contributed by atoms with van der Waals surface area (Å²) < 4.78 is 33.7. The zero-order valence-electron chi connectivity index (χ0n) is 43.9. The van der Waals surface area contributed by atoms with E-state index in [4.69, 9.17) is 18.5 Å². The summed E-state index contributed by atoms with van der Waals surface area (Å²) in [5.74, 6) is -0.238. The Balaban J connectivity index is 1.59. The lowest BCUT2D eigenvalue weighted by atomic mass is 10.0. The third-order valence-corrected chi connectivity index (χ3v) is 15.7. The van der Waals surface area contributed by atoms with Crippen molar-refractivity contribution in [2.75, 3.05) is 38.7 Å². The first-order valence-corrected chi connectivity index (χ1v) is 30.7. The van der Waals surface area contributed by atoms with Crippen LogP contribution in [0.2, 0.25) is 0 Å². The molecule has 2 fully saturated rings. The fraction of sp³-hybridized carbons (Fsp3) is 0.906. The molecule has 2 saturated heterocycles. The summed E-state index contributed by atoms with van der Waals surface area (Å²) in [6.07, 6.45) is 35.7. The molecule has 2 aliphatic heterocycles. The fourth-order valence-electron chi connectivity index (χ4n) is 9.02. The van der Waals surface area contributed by atoms with Crippen molar-refractivity contribution in [3.63, 3.8) is 0 Å². The third kappa shape index (κ3) is 35.7. The maximum atomic E-state index is 12.8. The number of ether oxygens (including phenoxy) is 2. The summed E-state index contributed by atoms with van der Waals surface area (Å²) in [7, 11) is -4.84. The minimum atomic E-state index is -4.84. The number of fused-ring (bicyclic) bond motifs is 1. The highest BCUT2D eigenvalue weighted by Crippen LogP contribution is 2.38. The number of urea groups is 1. The minimum absolute atomic E-state index is 0.0146. The topological polar surface area (TPSA) is 211 Å². The van der Waals surface area contributed by atoms with E-state index in [1.807, 2.05) is 11.8 Å². The van der Waals surface area contributed by atoms with Crippen LogP contribution in [0.25, 0.3) is 0 Å². The molecule has 70 heavy (non-hydrogen) atoms. The molecule has 0 spiro atoms. The Labute approximate surface area is 428 Å². The average molecular weight is 1030 g/mol. The number of nitrogens with one attached hydrogen (secondary N) is 4. The van der Waals surface area contributed by atoms with Crippen molar-refractivity contribution >= 4 is 49.4 Å². The van der Waals surface area contributed by atoms with Gasteiger partial charge in [-0.25, -0.2) is 4.79 Å². The molecule has 0 aromatic carbocycles. The van der Waals surface area contributed by atoms with Crippen molar-refractivity contribution in [1.82, 2.24) is 21.3 Å². The number of esters is 2. The number of amides is 4. The summed E-state index contributed by atoms with van der Waals surface area (Å²) in [5, 5.41) is 11.9. The van der Waals surface area contributed by atoms with Crippen molar-refractivity contribution in [2.24, 2.45) is 0 Å². The Morgan fingerprint density at radius 1 is 0.586 bits per heavy atom. The van der Waals surface area contributed by atoms with Crippen LogP contribution in [0.4, 0.5) is 4.79 Å². The lowest BCUT2D eigenvalue weighted by molar-refractivity contribution is -0.228. The second-order valence-electron chi connectivity index (χ2n) is 19.7. The van der Waals surface area contributed by atoms with Gasteiger partial charge in [-0.2, -0.15) is 11.8 Å². The number of phosphoric ester groups is 1. The molecule has 3 unspecified atom stereocenters. The van der Waals surface area contributed by atoms with Gasteiger partial charge in [-0.15, -0.1) is 0 Å². The van der Waals surface area contributed by atoms with Crippen molar-refractivity contribution < 1.29 is 52.0 Å². The van der Waals surface area contributed by atoms with Gasteiger partial charge in [0.25, 0.3) is 7.82 Å². The van der Waals surface area contributed by atoms with Crippen LogP contribution in [0.3, 0.4) is 0 Å². The summed E-state index contributed by atoms with van der Waals surface area (Å²) >= 11 is 1.88. The van der Waals surface area contributed by atoms with Gasteiger partial charge in [-0.05, 0) is 38.5 Å². The first-order valence-electron chi connectivity index (χ1n) is 28.2. The molecule has 4 amide bonds. The van der Waals surface area contributed by atoms with Gasteiger partial charge in [0.2, 0.25) is 11.8 Å². The first-order chi connectivity index (χ1) is 34.0. The largest absolute Gasteiger partial charge is 0.756 e. The van der Waals surface area contributed by atoms with Crippen LogP contribution < -0.4 is 26.2 Å². The Bertz CT molecular complexity index is 1430. The van der Waals surface area contributed by atoms with Crippen LogP contribution in [-0.4, -0.2) is 91.9 Å². The van der Waals surface area contributed by atoms with E-state index in [1.54, 1.807) is 0 Å². The van der Waals surface area contributed by atoms with E-state index >= 15 is 0 Å². The summed E-state index contributed by atoms with van der Waals surface area (Å²) in [5.41, 5.74) is 0. The Kier molecular flexibility index (Phi) is 39.2. The molecule has 15 nitrogen and oxygen atoms in total. The van der Waals surface area contributed by atoms with E-state index in [0.29, 0.717) is 37.5 Å². The highest BCUT2D eigenvalue weighted by molar-refractivity contribution is 8.00. The third-order valence-electron chi connectivity index (χ3n) is 13.3. The normalized spacial score (nSPS) is 17.6. The molecule has 0 aromatic rings. The van der Waals surface area contributed by atoms with Crippen molar-refractivity contribution in [3.05, 3.63) is 0 Å². The van der Waals surface area contributed by atoms with Crippen LogP contribution >= 0.6 is 19.6 Å². The summed E-state index contributed by atoms with van der Waals surface area (Å²) in [6, 6.07) is 0.301. The highest BCUT2D eigenvalue weighted by atomic mass is 32.2. The number of phosphoric acid groups is 1. The molecule has 4 N–H and O–H groups in total. The molecule has 2 aliphatic rings. The summed E-state index contributed by atoms with van der Waals surface area (Å²) in [6.45, 7) is 3.73. The number of carbonyl (C=O) groups is 5. The quantitative estimate of drug-likeness (QED) is 0.0194. The number of rotatable bonds is 49. The zero-order valence-corrected chi connectivity index (χ0v) is 45.6. The van der Waals surface area contributed by atoms with Gasteiger partial charge < -0.3 is 44.7 Å².